The van der Waals surface area contributed by atoms with Crippen LogP contribution in [0.1, 0.15) is 33.6 Å². The Morgan fingerprint density at radius 1 is 1.10 bits per heavy atom. The standard InChI is InChI=1S/C21H29F3N4O3/c1-21(2,3)26-19(30)12-28-10-14-5-6-15(28)9-27(14)11-18(29)25-13-4-7-16(22)17(8-13)31-20(23)24/h4,7-8,14-15,20H,5-6,9-12H2,1-3H3,(H,25,29)(H,26,30)/t14-,15-/m1/s1. The lowest BCUT2D eigenvalue weighted by Crippen LogP contribution is -2.65. The van der Waals surface area contributed by atoms with Crippen LogP contribution < -0.4 is 15.4 Å². The fraction of sp³-hybridized carbons (Fsp3) is 0.619. The van der Waals surface area contributed by atoms with Crippen molar-refractivity contribution in [2.24, 2.45) is 0 Å². The van der Waals surface area contributed by atoms with E-state index in [4.69, 9.17) is 0 Å². The predicted octanol–water partition coefficient (Wildman–Crippen LogP) is 2.43. The van der Waals surface area contributed by atoms with Gasteiger partial charge in [0.2, 0.25) is 11.8 Å². The highest BCUT2D eigenvalue weighted by molar-refractivity contribution is 5.92. The van der Waals surface area contributed by atoms with Crippen LogP contribution in [0, 0.1) is 5.82 Å². The van der Waals surface area contributed by atoms with E-state index in [2.05, 4.69) is 25.2 Å². The molecule has 3 aliphatic heterocycles. The first kappa shape index (κ1) is 23.3. The van der Waals surface area contributed by atoms with Crippen LogP contribution in [0.3, 0.4) is 0 Å². The van der Waals surface area contributed by atoms with Gasteiger partial charge in [0.1, 0.15) is 0 Å². The summed E-state index contributed by atoms with van der Waals surface area (Å²) in [6.45, 7) is 4.51. The molecule has 2 N–H and O–H groups in total. The molecule has 1 aromatic carbocycles. The molecule has 3 fully saturated rings. The number of ether oxygens (including phenoxy) is 1. The summed E-state index contributed by atoms with van der Waals surface area (Å²) < 4.78 is 42.4. The van der Waals surface area contributed by atoms with E-state index in [9.17, 15) is 22.8 Å². The molecule has 1 aromatic rings. The molecule has 0 unspecified atom stereocenters. The van der Waals surface area contributed by atoms with Gasteiger partial charge in [0, 0.05) is 42.5 Å². The number of hydrogen-bond donors (Lipinski definition) is 2. The summed E-state index contributed by atoms with van der Waals surface area (Å²) in [5.41, 5.74) is -0.0963. The predicted molar refractivity (Wildman–Crippen MR) is 110 cm³/mol. The van der Waals surface area contributed by atoms with Gasteiger partial charge in [-0.25, -0.2) is 4.39 Å². The highest BCUT2D eigenvalue weighted by Crippen LogP contribution is 2.29. The zero-order chi connectivity index (χ0) is 22.8. The summed E-state index contributed by atoms with van der Waals surface area (Å²) in [7, 11) is 0. The van der Waals surface area contributed by atoms with Crippen molar-refractivity contribution in [2.45, 2.75) is 57.8 Å². The summed E-state index contributed by atoms with van der Waals surface area (Å²) in [4.78, 5) is 29.0. The van der Waals surface area contributed by atoms with Crippen molar-refractivity contribution in [3.63, 3.8) is 0 Å². The number of piperidine rings is 2. The van der Waals surface area contributed by atoms with Gasteiger partial charge in [-0.05, 0) is 45.7 Å². The summed E-state index contributed by atoms with van der Waals surface area (Å²) in [6.07, 6.45) is 1.91. The third-order valence-electron chi connectivity index (χ3n) is 5.40. The number of fused-ring (bicyclic) bond motifs is 3. The minimum atomic E-state index is -3.15. The molecule has 0 aliphatic carbocycles. The largest absolute Gasteiger partial charge is 0.432 e. The molecule has 3 heterocycles. The second-order valence-corrected chi connectivity index (χ2v) is 9.11. The summed E-state index contributed by atoms with van der Waals surface area (Å²) in [5, 5.41) is 5.58. The molecular weight excluding hydrogens is 413 g/mol. The van der Waals surface area contributed by atoms with Gasteiger partial charge < -0.3 is 15.4 Å². The fourth-order valence-electron chi connectivity index (χ4n) is 4.18. The number of hydrogen-bond acceptors (Lipinski definition) is 5. The second kappa shape index (κ2) is 9.44. The van der Waals surface area contributed by atoms with Crippen LogP contribution in [-0.4, -0.2) is 72.0 Å². The van der Waals surface area contributed by atoms with Crippen LogP contribution in [0.25, 0.3) is 0 Å². The number of anilines is 1. The van der Waals surface area contributed by atoms with Crippen LogP contribution in [0.2, 0.25) is 0 Å². The topological polar surface area (TPSA) is 73.9 Å². The third-order valence-corrected chi connectivity index (χ3v) is 5.40. The van der Waals surface area contributed by atoms with Crippen LogP contribution >= 0.6 is 0 Å². The van der Waals surface area contributed by atoms with Gasteiger partial charge in [-0.3, -0.25) is 19.4 Å². The Morgan fingerprint density at radius 3 is 2.19 bits per heavy atom. The number of piperazine rings is 1. The molecule has 10 heteroatoms. The SMILES string of the molecule is CC(C)(C)NC(=O)CN1C[C@H]2CC[C@@H]1CN2CC(=O)Nc1ccc(F)c(OC(F)F)c1. The van der Waals surface area contributed by atoms with E-state index in [1.54, 1.807) is 0 Å². The molecule has 3 aliphatic rings. The number of benzene rings is 1. The Kier molecular flexibility index (Phi) is 7.10. The van der Waals surface area contributed by atoms with Crippen molar-refractivity contribution in [1.82, 2.24) is 15.1 Å². The first-order chi connectivity index (χ1) is 14.5. The van der Waals surface area contributed by atoms with Gasteiger partial charge in [0.15, 0.2) is 11.6 Å². The maximum Gasteiger partial charge on any atom is 0.387 e. The molecule has 0 saturated carbocycles. The maximum atomic E-state index is 13.5. The molecule has 31 heavy (non-hydrogen) atoms. The lowest BCUT2D eigenvalue weighted by Gasteiger charge is -2.51. The maximum absolute atomic E-state index is 13.5. The minimum Gasteiger partial charge on any atom is -0.432 e. The Bertz CT molecular complexity index is 816. The van der Waals surface area contributed by atoms with Gasteiger partial charge in [-0.2, -0.15) is 8.78 Å². The van der Waals surface area contributed by atoms with Gasteiger partial charge >= 0.3 is 6.61 Å². The van der Waals surface area contributed by atoms with E-state index in [0.29, 0.717) is 19.6 Å². The number of halogens is 3. The normalized spacial score (nSPS) is 21.9. The number of carbonyl (C=O) groups is 2. The van der Waals surface area contributed by atoms with Crippen molar-refractivity contribution in [2.75, 3.05) is 31.5 Å². The molecule has 7 nitrogen and oxygen atoms in total. The number of carbonyl (C=O) groups excluding carboxylic acids is 2. The van der Waals surface area contributed by atoms with Gasteiger partial charge in [-0.15, -0.1) is 0 Å². The van der Waals surface area contributed by atoms with E-state index >= 15 is 0 Å². The summed E-state index contributed by atoms with van der Waals surface area (Å²) >= 11 is 0. The summed E-state index contributed by atoms with van der Waals surface area (Å²) in [5.74, 6) is -1.88. The first-order valence-corrected chi connectivity index (χ1v) is 10.3. The lowest BCUT2D eigenvalue weighted by molar-refractivity contribution is -0.128. The zero-order valence-electron chi connectivity index (χ0n) is 18.0. The Hall–Kier alpha value is -2.33. The molecule has 0 aromatic heterocycles. The number of nitrogens with one attached hydrogen (secondary N) is 2. The molecule has 172 valence electrons. The van der Waals surface area contributed by atoms with Crippen LogP contribution in [-0.2, 0) is 9.59 Å². The Labute approximate surface area is 179 Å². The lowest BCUT2D eigenvalue weighted by atomic mass is 9.90. The van der Waals surface area contributed by atoms with Crippen molar-refractivity contribution in [1.29, 1.82) is 0 Å². The second-order valence-electron chi connectivity index (χ2n) is 9.11. The van der Waals surface area contributed by atoms with Crippen LogP contribution in [0.15, 0.2) is 18.2 Å². The van der Waals surface area contributed by atoms with Crippen LogP contribution in [0.4, 0.5) is 18.9 Å². The summed E-state index contributed by atoms with van der Waals surface area (Å²) in [6, 6.07) is 3.65. The van der Waals surface area contributed by atoms with Gasteiger partial charge in [0.05, 0.1) is 13.1 Å². The Morgan fingerprint density at radius 2 is 1.68 bits per heavy atom. The van der Waals surface area contributed by atoms with Gasteiger partial charge in [0.25, 0.3) is 0 Å². The third kappa shape index (κ3) is 6.57. The van der Waals surface area contributed by atoms with E-state index in [1.807, 2.05) is 20.8 Å². The molecule has 0 radical (unpaired) electrons. The molecule has 2 atom stereocenters. The molecule has 4 rings (SSSR count). The van der Waals surface area contributed by atoms with Crippen molar-refractivity contribution < 1.29 is 27.5 Å². The van der Waals surface area contributed by atoms with E-state index < -0.39 is 18.2 Å². The molecule has 3 saturated heterocycles. The molecule has 0 spiro atoms. The highest BCUT2D eigenvalue weighted by Gasteiger charge is 2.40. The monoisotopic (exact) mass is 442 g/mol. The van der Waals surface area contributed by atoms with Crippen molar-refractivity contribution in [3.05, 3.63) is 24.0 Å². The van der Waals surface area contributed by atoms with Crippen molar-refractivity contribution in [3.8, 4) is 5.75 Å². The minimum absolute atomic E-state index is 0.0116. The zero-order valence-corrected chi connectivity index (χ0v) is 18.0. The highest BCUT2D eigenvalue weighted by atomic mass is 19.3. The van der Waals surface area contributed by atoms with E-state index in [1.165, 1.54) is 6.07 Å². The fourth-order valence-corrected chi connectivity index (χ4v) is 4.18. The first-order valence-electron chi connectivity index (χ1n) is 10.3. The van der Waals surface area contributed by atoms with Crippen LogP contribution in [0.5, 0.6) is 5.75 Å². The average molecular weight is 442 g/mol. The smallest absolute Gasteiger partial charge is 0.387 e. The molecule has 2 bridgehead atoms. The molecule has 2 amide bonds. The van der Waals surface area contributed by atoms with E-state index in [-0.39, 0.29) is 41.7 Å². The number of alkyl halides is 2. The quantitative estimate of drug-likeness (QED) is 0.679. The average Bonchev–Trinajstić information content (AvgIpc) is 2.63. The Balaban J connectivity index is 1.53. The van der Waals surface area contributed by atoms with E-state index in [0.717, 1.165) is 25.0 Å². The molecular formula is C21H29F3N4O3. The van der Waals surface area contributed by atoms with Gasteiger partial charge in [-0.1, -0.05) is 0 Å². The van der Waals surface area contributed by atoms with Crippen molar-refractivity contribution >= 4 is 17.5 Å². The number of amides is 2. The number of nitrogens with zero attached hydrogens (tertiary/aromatic N) is 2. The number of rotatable bonds is 7.